The molecule has 2 aliphatic carbocycles. The van der Waals surface area contributed by atoms with Gasteiger partial charge < -0.3 is 9.40 Å². The van der Waals surface area contributed by atoms with Gasteiger partial charge in [-0.1, -0.05) is 43.0 Å². The molecule has 1 aromatic carbocycles. The summed E-state index contributed by atoms with van der Waals surface area (Å²) in [4.78, 5) is 13.3. The molecule has 0 radical (unpaired) electrons. The monoisotopic (exact) mass is 434 g/mol. The maximum Gasteiger partial charge on any atom is 0.155 e. The zero-order valence-electron chi connectivity index (χ0n) is 19.5. The molecule has 4 unspecified atom stereocenters. The lowest BCUT2D eigenvalue weighted by Crippen LogP contribution is -2.58. The predicted octanol–water partition coefficient (Wildman–Crippen LogP) is 5.93. The topological polar surface area (TPSA) is 42.7 Å². The molecule has 6 rings (SSSR count). The summed E-state index contributed by atoms with van der Waals surface area (Å²) in [5.74, 6) is 2.96. The van der Waals surface area contributed by atoms with Crippen molar-refractivity contribution in [2.45, 2.75) is 102 Å². The molecule has 2 aromatic rings. The number of fused-ring (bicyclic) bond motifs is 5. The lowest BCUT2D eigenvalue weighted by Gasteiger charge is -2.55. The van der Waals surface area contributed by atoms with Crippen molar-refractivity contribution < 1.29 is 4.84 Å². The van der Waals surface area contributed by atoms with Gasteiger partial charge in [0.15, 0.2) is 5.82 Å². The minimum atomic E-state index is 0.500. The summed E-state index contributed by atoms with van der Waals surface area (Å²) in [7, 11) is 0. The molecule has 4 atom stereocenters. The maximum absolute atomic E-state index is 5.29. The number of aromatic nitrogens is 2. The summed E-state index contributed by atoms with van der Waals surface area (Å²) in [5.41, 5.74) is 2.31. The maximum atomic E-state index is 5.29. The molecule has 0 amide bonds. The highest BCUT2D eigenvalue weighted by Gasteiger charge is 2.45. The molecule has 2 saturated heterocycles. The minimum Gasteiger partial charge on any atom is -0.396 e. The summed E-state index contributed by atoms with van der Waals surface area (Å²) >= 11 is 0. The molecule has 4 aliphatic rings. The molecule has 2 saturated carbocycles. The van der Waals surface area contributed by atoms with Gasteiger partial charge in [0, 0.05) is 24.2 Å². The highest BCUT2D eigenvalue weighted by Crippen LogP contribution is 2.47. The number of hydrogen-bond donors (Lipinski definition) is 0. The Morgan fingerprint density at radius 2 is 1.62 bits per heavy atom. The average molecular weight is 435 g/mol. The smallest absolute Gasteiger partial charge is 0.155 e. The third kappa shape index (κ3) is 3.76. The largest absolute Gasteiger partial charge is 0.396 e. The molecule has 5 heteroatoms. The van der Waals surface area contributed by atoms with Crippen LogP contribution in [0.15, 0.2) is 29.4 Å². The second kappa shape index (κ2) is 8.81. The zero-order chi connectivity index (χ0) is 21.5. The van der Waals surface area contributed by atoms with Crippen LogP contribution >= 0.6 is 0 Å². The van der Waals surface area contributed by atoms with Crippen molar-refractivity contribution in [2.24, 2.45) is 17.0 Å². The van der Waals surface area contributed by atoms with Gasteiger partial charge in [0.05, 0.1) is 11.0 Å². The van der Waals surface area contributed by atoms with Crippen molar-refractivity contribution in [3.8, 4) is 0 Å². The summed E-state index contributed by atoms with van der Waals surface area (Å²) in [6.45, 7) is 2.55. The molecule has 32 heavy (non-hydrogen) atoms. The van der Waals surface area contributed by atoms with Crippen LogP contribution in [0, 0.1) is 11.8 Å². The lowest BCUT2D eigenvalue weighted by atomic mass is 9.68. The molecule has 5 nitrogen and oxygen atoms in total. The fourth-order valence-corrected chi connectivity index (χ4v) is 7.83. The van der Waals surface area contributed by atoms with E-state index < -0.39 is 0 Å². The van der Waals surface area contributed by atoms with Gasteiger partial charge in [0.25, 0.3) is 0 Å². The minimum absolute atomic E-state index is 0.500. The Morgan fingerprint density at radius 3 is 2.38 bits per heavy atom. The third-order valence-corrected chi connectivity index (χ3v) is 8.89. The molecule has 4 bridgehead atoms. The summed E-state index contributed by atoms with van der Waals surface area (Å²) in [5, 5.41) is 4.19. The number of para-hydroxylation sites is 2. The molecule has 4 fully saturated rings. The Bertz CT molecular complexity index is 942. The Labute approximate surface area is 192 Å². The van der Waals surface area contributed by atoms with E-state index in [1.165, 1.54) is 76.1 Å². The highest BCUT2D eigenvalue weighted by atomic mass is 16.6. The van der Waals surface area contributed by atoms with Gasteiger partial charge in [0.1, 0.15) is 12.8 Å². The van der Waals surface area contributed by atoms with E-state index in [1.807, 2.05) is 13.1 Å². The van der Waals surface area contributed by atoms with Gasteiger partial charge in [-0.05, 0) is 75.8 Å². The fraction of sp³-hybridized carbons (Fsp3) is 0.704. The molecule has 0 N–H and O–H groups in total. The highest BCUT2D eigenvalue weighted by molar-refractivity contribution is 5.85. The van der Waals surface area contributed by atoms with Crippen LogP contribution in [0.1, 0.15) is 89.4 Å². The zero-order valence-corrected chi connectivity index (χ0v) is 19.5. The Morgan fingerprint density at radius 1 is 0.906 bits per heavy atom. The molecular formula is C27H38N4O. The van der Waals surface area contributed by atoms with Crippen LogP contribution in [0.5, 0.6) is 0 Å². The van der Waals surface area contributed by atoms with Crippen LogP contribution in [-0.4, -0.2) is 45.4 Å². The van der Waals surface area contributed by atoms with Crippen LogP contribution in [0.4, 0.5) is 0 Å². The van der Waals surface area contributed by atoms with E-state index in [0.717, 1.165) is 41.3 Å². The van der Waals surface area contributed by atoms with Crippen molar-refractivity contribution in [1.29, 1.82) is 0 Å². The first-order valence-corrected chi connectivity index (χ1v) is 13.2. The molecule has 0 spiro atoms. The summed E-state index contributed by atoms with van der Waals surface area (Å²) < 4.78 is 2.48. The van der Waals surface area contributed by atoms with E-state index in [0.29, 0.717) is 12.6 Å². The third-order valence-electron chi connectivity index (χ3n) is 8.89. The number of piperidine rings is 2. The van der Waals surface area contributed by atoms with Gasteiger partial charge in [-0.15, -0.1) is 0 Å². The van der Waals surface area contributed by atoms with E-state index >= 15 is 0 Å². The van der Waals surface area contributed by atoms with Gasteiger partial charge in [-0.25, -0.2) is 4.98 Å². The Balaban J connectivity index is 1.29. The first kappa shape index (κ1) is 20.7. The van der Waals surface area contributed by atoms with Crippen molar-refractivity contribution in [1.82, 2.24) is 14.5 Å². The van der Waals surface area contributed by atoms with Crippen LogP contribution in [0.3, 0.4) is 0 Å². The van der Waals surface area contributed by atoms with E-state index in [1.54, 1.807) is 0 Å². The Hall–Kier alpha value is -1.88. The molecule has 3 heterocycles. The van der Waals surface area contributed by atoms with Crippen molar-refractivity contribution >= 4 is 17.2 Å². The van der Waals surface area contributed by atoms with Crippen molar-refractivity contribution in [2.75, 3.05) is 6.61 Å². The molecule has 1 aromatic heterocycles. The van der Waals surface area contributed by atoms with Gasteiger partial charge >= 0.3 is 0 Å². The van der Waals surface area contributed by atoms with Gasteiger partial charge in [-0.3, -0.25) is 4.90 Å². The predicted molar refractivity (Wildman–Crippen MR) is 129 cm³/mol. The van der Waals surface area contributed by atoms with Gasteiger partial charge in [-0.2, -0.15) is 0 Å². The van der Waals surface area contributed by atoms with Crippen LogP contribution in [-0.2, 0) is 4.84 Å². The standard InChI is InChI=1S/C27H38N4O/c1-2-32-28-18-27-29-25-11-3-4-12-26(25)31(27)24-16-21-9-6-10-22(17-24)30(21)23-14-19-7-5-8-20(13-19)15-23/h3-4,11-12,18-24H,2,5-10,13-17H2,1H3/b28-18+. The van der Waals surface area contributed by atoms with Gasteiger partial charge in [0.2, 0.25) is 0 Å². The molecular weight excluding hydrogens is 396 g/mol. The molecule has 2 aliphatic heterocycles. The van der Waals surface area contributed by atoms with Crippen molar-refractivity contribution in [3.05, 3.63) is 30.1 Å². The van der Waals surface area contributed by atoms with Crippen LogP contribution < -0.4 is 0 Å². The number of imidazole rings is 1. The number of hydrogen-bond acceptors (Lipinski definition) is 4. The first-order chi connectivity index (χ1) is 15.8. The lowest BCUT2D eigenvalue weighted by molar-refractivity contribution is -0.0483. The van der Waals surface area contributed by atoms with E-state index in [-0.39, 0.29) is 0 Å². The second-order valence-electron chi connectivity index (χ2n) is 10.8. The van der Waals surface area contributed by atoms with Crippen LogP contribution in [0.2, 0.25) is 0 Å². The second-order valence-corrected chi connectivity index (χ2v) is 10.8. The van der Waals surface area contributed by atoms with Crippen molar-refractivity contribution in [3.63, 3.8) is 0 Å². The van der Waals surface area contributed by atoms with E-state index in [2.05, 4.69) is 38.9 Å². The van der Waals surface area contributed by atoms with Crippen LogP contribution in [0.25, 0.3) is 11.0 Å². The molecule has 172 valence electrons. The number of oxime groups is 1. The summed E-state index contributed by atoms with van der Waals surface area (Å²) in [6.07, 6.45) is 17.4. The average Bonchev–Trinajstić information content (AvgIpc) is 3.16. The van der Waals surface area contributed by atoms with E-state index in [4.69, 9.17) is 9.82 Å². The summed E-state index contributed by atoms with van der Waals surface area (Å²) in [6, 6.07) is 11.4. The number of rotatable bonds is 5. The quantitative estimate of drug-likeness (QED) is 0.432. The number of nitrogens with zero attached hydrogens (tertiary/aromatic N) is 4. The van der Waals surface area contributed by atoms with E-state index in [9.17, 15) is 0 Å². The fourth-order valence-electron chi connectivity index (χ4n) is 7.83. The first-order valence-electron chi connectivity index (χ1n) is 13.2. The number of benzene rings is 1. The Kier molecular flexibility index (Phi) is 5.70. The SMILES string of the molecule is CCO/N=C/c1nc2ccccc2n1C1CC2CCCC(C1)N2C1CC2CCCC(C2)C1. The normalized spacial score (nSPS) is 35.4.